The van der Waals surface area contributed by atoms with Gasteiger partial charge in [-0.05, 0) is 73.4 Å². The molecule has 0 aromatic heterocycles. The maximum Gasteiger partial charge on any atom is 0.170 e. The molecule has 1 aliphatic heterocycles. The summed E-state index contributed by atoms with van der Waals surface area (Å²) in [5, 5.41) is 7.90. The second kappa shape index (κ2) is 8.60. The highest BCUT2D eigenvalue weighted by atomic mass is 35.5. The Morgan fingerprint density at radius 3 is 2.73 bits per heavy atom. The molecule has 6 heteroatoms. The fourth-order valence-corrected chi connectivity index (χ4v) is 3.49. The first-order chi connectivity index (χ1) is 12.5. The van der Waals surface area contributed by atoms with E-state index in [1.165, 1.54) is 5.69 Å². The molecule has 0 unspecified atom stereocenters. The molecule has 0 bridgehead atoms. The number of anilines is 2. The summed E-state index contributed by atoms with van der Waals surface area (Å²) in [5.74, 6) is 1.46. The van der Waals surface area contributed by atoms with E-state index in [2.05, 4.69) is 27.7 Å². The molecule has 1 atom stereocenters. The number of nitrogens with zero attached hydrogens (tertiary/aromatic N) is 1. The number of nitrogens with one attached hydrogen (secondary N) is 2. The van der Waals surface area contributed by atoms with Crippen LogP contribution in [0.3, 0.4) is 0 Å². The third-order valence-corrected chi connectivity index (χ3v) is 5.36. The molecule has 1 fully saturated rings. The number of benzene rings is 2. The lowest BCUT2D eigenvalue weighted by Crippen LogP contribution is -2.34. The Morgan fingerprint density at radius 1 is 1.27 bits per heavy atom. The van der Waals surface area contributed by atoms with E-state index < -0.39 is 0 Å². The van der Waals surface area contributed by atoms with Crippen LogP contribution in [0.2, 0.25) is 5.02 Å². The van der Waals surface area contributed by atoms with Crippen LogP contribution in [0.25, 0.3) is 0 Å². The molecule has 3 rings (SSSR count). The monoisotopic (exact) mass is 389 g/mol. The maximum absolute atomic E-state index is 6.15. The third-order valence-electron chi connectivity index (χ3n) is 4.70. The van der Waals surface area contributed by atoms with Gasteiger partial charge in [-0.2, -0.15) is 0 Å². The topological polar surface area (TPSA) is 36.5 Å². The third kappa shape index (κ3) is 4.80. The van der Waals surface area contributed by atoms with Crippen molar-refractivity contribution in [3.63, 3.8) is 0 Å². The Bertz CT molecular complexity index is 766. The summed E-state index contributed by atoms with van der Waals surface area (Å²) in [5.41, 5.74) is 3.20. The van der Waals surface area contributed by atoms with Crippen molar-refractivity contribution in [2.45, 2.75) is 13.3 Å². The Balaban J connectivity index is 1.46. The first kappa shape index (κ1) is 18.8. The summed E-state index contributed by atoms with van der Waals surface area (Å²) >= 11 is 11.6. The highest BCUT2D eigenvalue weighted by Crippen LogP contribution is 2.25. The lowest BCUT2D eigenvalue weighted by atomic mass is 10.1. The van der Waals surface area contributed by atoms with Gasteiger partial charge in [-0.3, -0.25) is 0 Å². The van der Waals surface area contributed by atoms with Gasteiger partial charge in [-0.25, -0.2) is 0 Å². The van der Waals surface area contributed by atoms with Gasteiger partial charge in [0.05, 0.1) is 7.11 Å². The van der Waals surface area contributed by atoms with Gasteiger partial charge < -0.3 is 20.3 Å². The molecule has 1 heterocycles. The minimum atomic E-state index is 0.568. The molecule has 0 aliphatic carbocycles. The van der Waals surface area contributed by atoms with Crippen LogP contribution in [-0.2, 0) is 0 Å². The molecule has 0 radical (unpaired) electrons. The van der Waals surface area contributed by atoms with Crippen molar-refractivity contribution in [3.05, 3.63) is 53.1 Å². The molecule has 2 aromatic carbocycles. The van der Waals surface area contributed by atoms with Gasteiger partial charge in [0.15, 0.2) is 5.11 Å². The number of thiocarbonyl (C=S) groups is 1. The molecule has 26 heavy (non-hydrogen) atoms. The number of halogens is 1. The lowest BCUT2D eigenvalue weighted by molar-refractivity contribution is 0.415. The van der Waals surface area contributed by atoms with Crippen LogP contribution in [0.1, 0.15) is 12.0 Å². The van der Waals surface area contributed by atoms with Gasteiger partial charge >= 0.3 is 0 Å². The van der Waals surface area contributed by atoms with Crippen molar-refractivity contribution in [2.75, 3.05) is 37.0 Å². The summed E-state index contributed by atoms with van der Waals surface area (Å²) in [6.45, 7) is 4.93. The van der Waals surface area contributed by atoms with Crippen molar-refractivity contribution in [3.8, 4) is 5.75 Å². The first-order valence-electron chi connectivity index (χ1n) is 8.75. The average Bonchev–Trinajstić information content (AvgIpc) is 3.12. The van der Waals surface area contributed by atoms with Crippen molar-refractivity contribution in [1.29, 1.82) is 0 Å². The highest BCUT2D eigenvalue weighted by molar-refractivity contribution is 7.80. The van der Waals surface area contributed by atoms with Gasteiger partial charge in [0.2, 0.25) is 0 Å². The van der Waals surface area contributed by atoms with Crippen LogP contribution in [0, 0.1) is 12.8 Å². The van der Waals surface area contributed by atoms with Gasteiger partial charge in [0.1, 0.15) is 5.75 Å². The largest absolute Gasteiger partial charge is 0.497 e. The van der Waals surface area contributed by atoms with Gasteiger partial charge in [-0.1, -0.05) is 17.7 Å². The summed E-state index contributed by atoms with van der Waals surface area (Å²) in [7, 11) is 1.69. The number of hydrogen-bond acceptors (Lipinski definition) is 3. The first-order valence-corrected chi connectivity index (χ1v) is 9.54. The summed E-state index contributed by atoms with van der Waals surface area (Å²) < 4.78 is 5.22. The second-order valence-corrected chi connectivity index (χ2v) is 7.41. The van der Waals surface area contributed by atoms with Gasteiger partial charge in [0, 0.05) is 36.0 Å². The van der Waals surface area contributed by atoms with E-state index in [4.69, 9.17) is 28.6 Å². The smallest absolute Gasteiger partial charge is 0.170 e. The van der Waals surface area contributed by atoms with Crippen LogP contribution in [0.4, 0.5) is 11.4 Å². The van der Waals surface area contributed by atoms with E-state index >= 15 is 0 Å². The van der Waals surface area contributed by atoms with Crippen LogP contribution in [-0.4, -0.2) is 31.9 Å². The molecule has 2 N–H and O–H groups in total. The molecule has 0 spiro atoms. The summed E-state index contributed by atoms with van der Waals surface area (Å²) in [4.78, 5) is 2.40. The van der Waals surface area contributed by atoms with Crippen LogP contribution in [0.5, 0.6) is 5.75 Å². The Morgan fingerprint density at radius 2 is 2.04 bits per heavy atom. The molecular weight excluding hydrogens is 366 g/mol. The van der Waals surface area contributed by atoms with E-state index in [0.717, 1.165) is 48.1 Å². The predicted octanol–water partition coefficient (Wildman–Crippen LogP) is 4.47. The van der Waals surface area contributed by atoms with E-state index in [1.807, 2.05) is 37.3 Å². The quantitative estimate of drug-likeness (QED) is 0.738. The van der Waals surface area contributed by atoms with Crippen LogP contribution >= 0.6 is 23.8 Å². The molecule has 0 saturated carbocycles. The maximum atomic E-state index is 6.15. The zero-order valence-electron chi connectivity index (χ0n) is 15.1. The van der Waals surface area contributed by atoms with Crippen LogP contribution < -0.4 is 20.3 Å². The summed E-state index contributed by atoms with van der Waals surface area (Å²) in [6.07, 6.45) is 1.15. The SMILES string of the molecule is COc1ccc(N2CC[C@H](CNC(=S)Nc3ccc(C)c(Cl)c3)C2)cc1. The van der Waals surface area contributed by atoms with Gasteiger partial charge in [-0.15, -0.1) is 0 Å². The molecule has 0 amide bonds. The standard InChI is InChI=1S/C20H24ClN3OS/c1-14-3-4-16(11-19(14)21)23-20(26)22-12-15-9-10-24(13-15)17-5-7-18(25-2)8-6-17/h3-8,11,15H,9-10,12-13H2,1-2H3,(H2,22,23,26)/t15-/m1/s1. The van der Waals surface area contributed by atoms with Gasteiger partial charge in [0.25, 0.3) is 0 Å². The number of aryl methyl sites for hydroxylation is 1. The highest BCUT2D eigenvalue weighted by Gasteiger charge is 2.22. The number of ether oxygens (including phenoxy) is 1. The molecule has 1 saturated heterocycles. The molecule has 2 aromatic rings. The van der Waals surface area contributed by atoms with E-state index in [9.17, 15) is 0 Å². The fraction of sp³-hybridized carbons (Fsp3) is 0.350. The van der Waals surface area contributed by atoms with Crippen molar-refractivity contribution < 1.29 is 4.74 Å². The zero-order chi connectivity index (χ0) is 18.5. The van der Waals surface area contributed by atoms with Crippen molar-refractivity contribution >= 4 is 40.3 Å². The fourth-order valence-electron chi connectivity index (χ4n) is 3.11. The normalized spacial score (nSPS) is 16.4. The Hall–Kier alpha value is -1.98. The Labute approximate surface area is 165 Å². The molecule has 4 nitrogen and oxygen atoms in total. The summed E-state index contributed by atoms with van der Waals surface area (Å²) in [6, 6.07) is 14.1. The molecule has 138 valence electrons. The van der Waals surface area contributed by atoms with E-state index in [0.29, 0.717) is 11.0 Å². The van der Waals surface area contributed by atoms with Crippen molar-refractivity contribution in [2.24, 2.45) is 5.92 Å². The lowest BCUT2D eigenvalue weighted by Gasteiger charge is -2.19. The van der Waals surface area contributed by atoms with Crippen LogP contribution in [0.15, 0.2) is 42.5 Å². The minimum absolute atomic E-state index is 0.568. The molecule has 1 aliphatic rings. The van der Waals surface area contributed by atoms with E-state index in [-0.39, 0.29) is 0 Å². The van der Waals surface area contributed by atoms with Crippen molar-refractivity contribution in [1.82, 2.24) is 5.32 Å². The number of methoxy groups -OCH3 is 1. The predicted molar refractivity (Wildman–Crippen MR) is 114 cm³/mol. The second-order valence-electron chi connectivity index (χ2n) is 6.60. The zero-order valence-corrected chi connectivity index (χ0v) is 16.7. The Kier molecular flexibility index (Phi) is 6.22. The average molecular weight is 390 g/mol. The molecular formula is C20H24ClN3OS. The number of rotatable bonds is 5. The van der Waals surface area contributed by atoms with E-state index in [1.54, 1.807) is 7.11 Å². The minimum Gasteiger partial charge on any atom is -0.497 e. The number of hydrogen-bond donors (Lipinski definition) is 2.